The van der Waals surface area contributed by atoms with E-state index in [1.807, 2.05) is 31.5 Å². The number of hydrogen-bond acceptors (Lipinski definition) is 4. The molecule has 1 heterocycles. The van der Waals surface area contributed by atoms with Crippen LogP contribution in [-0.2, 0) is 4.74 Å². The highest BCUT2D eigenvalue weighted by Gasteiger charge is 2.24. The molecule has 2 rings (SSSR count). The molecule has 104 valence electrons. The Morgan fingerprint density at radius 1 is 1.21 bits per heavy atom. The normalized spacial score (nSPS) is 16.3. The van der Waals surface area contributed by atoms with Crippen molar-refractivity contribution in [2.24, 2.45) is 0 Å². The predicted molar refractivity (Wildman–Crippen MR) is 74.6 cm³/mol. The van der Waals surface area contributed by atoms with E-state index in [-0.39, 0.29) is 6.04 Å². The maximum absolute atomic E-state index is 5.47. The highest BCUT2D eigenvalue weighted by atomic mass is 16.5. The first-order valence-electron chi connectivity index (χ1n) is 6.50. The lowest BCUT2D eigenvalue weighted by atomic mass is 9.94. The topological polar surface area (TPSA) is 39.7 Å². The fourth-order valence-electron chi connectivity index (χ4n) is 2.48. The van der Waals surface area contributed by atoms with Crippen molar-refractivity contribution in [2.75, 3.05) is 27.9 Å². The highest BCUT2D eigenvalue weighted by Crippen LogP contribution is 2.39. The van der Waals surface area contributed by atoms with Crippen molar-refractivity contribution < 1.29 is 14.2 Å². The van der Waals surface area contributed by atoms with E-state index >= 15 is 0 Å². The van der Waals surface area contributed by atoms with Gasteiger partial charge in [0.15, 0.2) is 0 Å². The molecule has 4 heteroatoms. The van der Waals surface area contributed by atoms with Gasteiger partial charge in [-0.3, -0.25) is 0 Å². The minimum Gasteiger partial charge on any atom is -0.501 e. The molecule has 0 aromatic heterocycles. The summed E-state index contributed by atoms with van der Waals surface area (Å²) in [4.78, 5) is 0. The SMILES string of the molecule is CNC(C1=COCCC1)c1c(OC)cccc1OC. The number of ether oxygens (including phenoxy) is 3. The molecular formula is C15H21NO3. The molecule has 1 aromatic carbocycles. The fraction of sp³-hybridized carbons (Fsp3) is 0.467. The molecule has 0 saturated carbocycles. The van der Waals surface area contributed by atoms with Gasteiger partial charge in [0.1, 0.15) is 11.5 Å². The van der Waals surface area contributed by atoms with E-state index in [9.17, 15) is 0 Å². The first kappa shape index (κ1) is 13.7. The second kappa shape index (κ2) is 6.48. The molecule has 1 aromatic rings. The number of rotatable bonds is 5. The van der Waals surface area contributed by atoms with Crippen LogP contribution in [0.4, 0.5) is 0 Å². The fourth-order valence-corrected chi connectivity index (χ4v) is 2.48. The van der Waals surface area contributed by atoms with Gasteiger partial charge in [-0.2, -0.15) is 0 Å². The molecule has 1 atom stereocenters. The summed E-state index contributed by atoms with van der Waals surface area (Å²) in [5, 5.41) is 3.33. The van der Waals surface area contributed by atoms with E-state index in [0.29, 0.717) is 0 Å². The predicted octanol–water partition coefficient (Wildman–Crippen LogP) is 2.66. The summed E-state index contributed by atoms with van der Waals surface area (Å²) in [6.45, 7) is 0.795. The molecule has 0 aliphatic carbocycles. The Morgan fingerprint density at radius 2 is 1.89 bits per heavy atom. The van der Waals surface area contributed by atoms with Crippen molar-refractivity contribution in [3.8, 4) is 11.5 Å². The van der Waals surface area contributed by atoms with Gasteiger partial charge in [0.25, 0.3) is 0 Å². The molecule has 0 radical (unpaired) electrons. The minimum atomic E-state index is 0.0476. The summed E-state index contributed by atoms with van der Waals surface area (Å²) in [6.07, 6.45) is 3.92. The summed E-state index contributed by atoms with van der Waals surface area (Å²) in [6, 6.07) is 5.88. The zero-order valence-corrected chi connectivity index (χ0v) is 11.7. The van der Waals surface area contributed by atoms with Crippen LogP contribution in [-0.4, -0.2) is 27.9 Å². The molecule has 0 spiro atoms. The number of nitrogens with one attached hydrogen (secondary N) is 1. The lowest BCUT2D eigenvalue weighted by molar-refractivity contribution is 0.219. The quantitative estimate of drug-likeness (QED) is 0.886. The van der Waals surface area contributed by atoms with Crippen molar-refractivity contribution in [3.63, 3.8) is 0 Å². The minimum absolute atomic E-state index is 0.0476. The Hall–Kier alpha value is -1.68. The molecular weight excluding hydrogens is 242 g/mol. The molecule has 0 saturated heterocycles. The van der Waals surface area contributed by atoms with Crippen molar-refractivity contribution in [3.05, 3.63) is 35.6 Å². The van der Waals surface area contributed by atoms with E-state index in [0.717, 1.165) is 36.5 Å². The van der Waals surface area contributed by atoms with Crippen molar-refractivity contribution in [1.29, 1.82) is 0 Å². The van der Waals surface area contributed by atoms with Gasteiger partial charge in [-0.15, -0.1) is 0 Å². The highest BCUT2D eigenvalue weighted by molar-refractivity contribution is 5.49. The van der Waals surface area contributed by atoms with Crippen LogP contribution in [0.3, 0.4) is 0 Å². The van der Waals surface area contributed by atoms with Crippen molar-refractivity contribution in [1.82, 2.24) is 5.32 Å². The van der Waals surface area contributed by atoms with Gasteiger partial charge in [-0.1, -0.05) is 6.07 Å². The lowest BCUT2D eigenvalue weighted by Gasteiger charge is -2.26. The Labute approximate surface area is 114 Å². The summed E-state index contributed by atoms with van der Waals surface area (Å²) in [5.41, 5.74) is 2.24. The van der Waals surface area contributed by atoms with Gasteiger partial charge in [0, 0.05) is 0 Å². The molecule has 0 fully saturated rings. The molecule has 1 aliphatic heterocycles. The molecule has 1 aliphatic rings. The Morgan fingerprint density at radius 3 is 2.37 bits per heavy atom. The number of methoxy groups -OCH3 is 2. The maximum atomic E-state index is 5.47. The van der Waals surface area contributed by atoms with Crippen molar-refractivity contribution >= 4 is 0 Å². The van der Waals surface area contributed by atoms with Crippen LogP contribution < -0.4 is 14.8 Å². The number of hydrogen-bond donors (Lipinski definition) is 1. The van der Waals surface area contributed by atoms with Crippen LogP contribution >= 0.6 is 0 Å². The molecule has 19 heavy (non-hydrogen) atoms. The third-order valence-electron chi connectivity index (χ3n) is 3.38. The monoisotopic (exact) mass is 263 g/mol. The second-order valence-electron chi connectivity index (χ2n) is 4.47. The van der Waals surface area contributed by atoms with Crippen molar-refractivity contribution in [2.45, 2.75) is 18.9 Å². The van der Waals surface area contributed by atoms with Crippen LogP contribution in [0, 0.1) is 0 Å². The summed E-state index contributed by atoms with van der Waals surface area (Å²) in [7, 11) is 5.29. The zero-order chi connectivity index (χ0) is 13.7. The van der Waals surface area contributed by atoms with Gasteiger partial charge < -0.3 is 19.5 Å². The first-order chi connectivity index (χ1) is 9.31. The molecule has 1 unspecified atom stereocenters. The average Bonchev–Trinajstić information content (AvgIpc) is 2.49. The Balaban J connectivity index is 2.44. The van der Waals surface area contributed by atoms with Gasteiger partial charge in [0.05, 0.1) is 38.7 Å². The summed E-state index contributed by atoms with van der Waals surface area (Å²) < 4.78 is 16.4. The standard InChI is InChI=1S/C15H21NO3/c1-16-15(11-6-5-9-19-10-11)14-12(17-2)7-4-8-13(14)18-3/h4,7-8,10,15-16H,5-6,9H2,1-3H3. The molecule has 0 bridgehead atoms. The van der Waals surface area contributed by atoms with Crippen LogP contribution in [0.1, 0.15) is 24.4 Å². The molecule has 1 N–H and O–H groups in total. The van der Waals surface area contributed by atoms with E-state index < -0.39 is 0 Å². The van der Waals surface area contributed by atoms with E-state index in [2.05, 4.69) is 5.32 Å². The largest absolute Gasteiger partial charge is 0.501 e. The second-order valence-corrected chi connectivity index (χ2v) is 4.47. The lowest BCUT2D eigenvalue weighted by Crippen LogP contribution is -2.22. The van der Waals surface area contributed by atoms with E-state index in [1.165, 1.54) is 5.57 Å². The van der Waals surface area contributed by atoms with Crippen LogP contribution in [0.2, 0.25) is 0 Å². The third kappa shape index (κ3) is 2.84. The van der Waals surface area contributed by atoms with Crippen LogP contribution in [0.25, 0.3) is 0 Å². The van der Waals surface area contributed by atoms with Gasteiger partial charge in [-0.05, 0) is 37.6 Å². The first-order valence-corrected chi connectivity index (χ1v) is 6.50. The number of benzene rings is 1. The maximum Gasteiger partial charge on any atom is 0.127 e. The van der Waals surface area contributed by atoms with Gasteiger partial charge >= 0.3 is 0 Å². The van der Waals surface area contributed by atoms with Gasteiger partial charge in [0.2, 0.25) is 0 Å². The zero-order valence-electron chi connectivity index (χ0n) is 11.7. The summed E-state index contributed by atoms with van der Waals surface area (Å²) >= 11 is 0. The molecule has 0 amide bonds. The van der Waals surface area contributed by atoms with Gasteiger partial charge in [-0.25, -0.2) is 0 Å². The molecule has 4 nitrogen and oxygen atoms in total. The van der Waals surface area contributed by atoms with E-state index in [1.54, 1.807) is 14.2 Å². The summed E-state index contributed by atoms with van der Waals surface area (Å²) in [5.74, 6) is 1.65. The third-order valence-corrected chi connectivity index (χ3v) is 3.38. The Kier molecular flexibility index (Phi) is 4.68. The Bertz CT molecular complexity index is 434. The van der Waals surface area contributed by atoms with Crippen LogP contribution in [0.15, 0.2) is 30.0 Å². The smallest absolute Gasteiger partial charge is 0.127 e. The average molecular weight is 263 g/mol. The van der Waals surface area contributed by atoms with Crippen LogP contribution in [0.5, 0.6) is 11.5 Å². The van der Waals surface area contributed by atoms with E-state index in [4.69, 9.17) is 14.2 Å². The number of likely N-dealkylation sites (N-methyl/N-ethyl adjacent to an activating group) is 1.